The zero-order chi connectivity index (χ0) is 14.5. The fraction of sp³-hybridized carbons (Fsp3) is 0.500. The summed E-state index contributed by atoms with van der Waals surface area (Å²) in [6.45, 7) is 4.66. The van der Waals surface area contributed by atoms with Gasteiger partial charge in [-0.3, -0.25) is 0 Å². The van der Waals surface area contributed by atoms with Crippen molar-refractivity contribution in [2.45, 2.75) is 19.6 Å². The minimum Gasteiger partial charge on any atom is -0.343 e. The fourth-order valence-corrected chi connectivity index (χ4v) is 3.06. The summed E-state index contributed by atoms with van der Waals surface area (Å²) < 4.78 is 33.3. The topological polar surface area (TPSA) is 52.6 Å². The van der Waals surface area contributed by atoms with Crippen LogP contribution in [-0.4, -0.2) is 27.4 Å². The molecular formula is C12H16Cl2O4S. The summed E-state index contributed by atoms with van der Waals surface area (Å²) in [5.74, 6) is -1.74. The molecule has 0 aliphatic carbocycles. The lowest BCUT2D eigenvalue weighted by Gasteiger charge is -2.26. The molecule has 1 aromatic carbocycles. The largest absolute Gasteiger partial charge is 0.343 e. The molecule has 1 aromatic rings. The van der Waals surface area contributed by atoms with E-state index in [0.717, 1.165) is 0 Å². The van der Waals surface area contributed by atoms with Crippen molar-refractivity contribution in [1.29, 1.82) is 0 Å². The second kappa shape index (κ2) is 6.90. The third-order valence-electron chi connectivity index (χ3n) is 2.40. The molecule has 1 heterocycles. The summed E-state index contributed by atoms with van der Waals surface area (Å²) in [7, 11) is 1.54. The van der Waals surface area contributed by atoms with Crippen LogP contribution in [0.25, 0.3) is 0 Å². The first-order chi connectivity index (χ1) is 8.91. The Morgan fingerprint density at radius 1 is 1.16 bits per heavy atom. The van der Waals surface area contributed by atoms with Crippen LogP contribution in [-0.2, 0) is 24.3 Å². The highest BCUT2D eigenvalue weighted by Gasteiger charge is 2.42. The number of benzene rings is 1. The standard InChI is InChI=1S/C10H10Cl2O4S.C2H6/c11-9-3-1-8(2-4-9)10(7-17(12,13)14)15-5-6-16-10;1-2/h1-4H,5-7H2;1-2H3. The van der Waals surface area contributed by atoms with Crippen molar-refractivity contribution >= 4 is 31.3 Å². The molecule has 0 bridgehead atoms. The normalized spacial score (nSPS) is 17.7. The Bertz CT molecular complexity index is 493. The number of hydrogen-bond acceptors (Lipinski definition) is 4. The van der Waals surface area contributed by atoms with Crippen molar-refractivity contribution in [3.63, 3.8) is 0 Å². The molecule has 0 radical (unpaired) electrons. The monoisotopic (exact) mass is 326 g/mol. The predicted octanol–water partition coefficient (Wildman–Crippen LogP) is 3.13. The van der Waals surface area contributed by atoms with Crippen LogP contribution < -0.4 is 0 Å². The number of halogens is 2. The molecule has 0 amide bonds. The molecule has 1 aliphatic rings. The first-order valence-corrected chi connectivity index (χ1v) is 8.73. The van der Waals surface area contributed by atoms with Crippen molar-refractivity contribution in [3.8, 4) is 0 Å². The Balaban J connectivity index is 0.000000861. The van der Waals surface area contributed by atoms with Gasteiger partial charge in [0, 0.05) is 21.3 Å². The second-order valence-electron chi connectivity index (χ2n) is 3.64. The van der Waals surface area contributed by atoms with Crippen LogP contribution in [0.2, 0.25) is 5.02 Å². The third kappa shape index (κ3) is 4.61. The molecule has 1 fully saturated rings. The molecule has 0 spiro atoms. The van der Waals surface area contributed by atoms with Gasteiger partial charge in [-0.2, -0.15) is 0 Å². The van der Waals surface area contributed by atoms with Crippen LogP contribution in [0, 0.1) is 0 Å². The molecule has 0 aromatic heterocycles. The summed E-state index contributed by atoms with van der Waals surface area (Å²) in [6, 6.07) is 6.61. The van der Waals surface area contributed by atoms with E-state index in [1.54, 1.807) is 24.3 Å². The number of hydrogen-bond donors (Lipinski definition) is 0. The van der Waals surface area contributed by atoms with Crippen molar-refractivity contribution in [3.05, 3.63) is 34.9 Å². The molecular weight excluding hydrogens is 311 g/mol. The fourth-order valence-electron chi connectivity index (χ4n) is 1.72. The molecule has 7 heteroatoms. The van der Waals surface area contributed by atoms with Gasteiger partial charge in [0.2, 0.25) is 14.8 Å². The SMILES string of the molecule is CC.O=S(=O)(Cl)CC1(c2ccc(Cl)cc2)OCCO1. The van der Waals surface area contributed by atoms with Crippen LogP contribution >= 0.6 is 22.3 Å². The summed E-state index contributed by atoms with van der Waals surface area (Å²) in [5, 5.41) is 0.552. The van der Waals surface area contributed by atoms with E-state index in [9.17, 15) is 8.42 Å². The van der Waals surface area contributed by atoms with Crippen LogP contribution in [0.3, 0.4) is 0 Å². The lowest BCUT2D eigenvalue weighted by molar-refractivity contribution is -0.146. The Kier molecular flexibility index (Phi) is 6.08. The van der Waals surface area contributed by atoms with Gasteiger partial charge in [0.05, 0.1) is 13.2 Å². The predicted molar refractivity (Wildman–Crippen MR) is 76.0 cm³/mol. The maximum atomic E-state index is 11.2. The van der Waals surface area contributed by atoms with Gasteiger partial charge in [-0.1, -0.05) is 37.6 Å². The van der Waals surface area contributed by atoms with Crippen molar-refractivity contribution in [1.82, 2.24) is 0 Å². The quantitative estimate of drug-likeness (QED) is 0.801. The van der Waals surface area contributed by atoms with Gasteiger partial charge in [0.1, 0.15) is 5.75 Å². The van der Waals surface area contributed by atoms with Gasteiger partial charge < -0.3 is 9.47 Å². The van der Waals surface area contributed by atoms with E-state index in [4.69, 9.17) is 31.8 Å². The molecule has 2 rings (SSSR count). The van der Waals surface area contributed by atoms with Gasteiger partial charge in [0.25, 0.3) is 0 Å². The average molecular weight is 327 g/mol. The molecule has 0 N–H and O–H groups in total. The number of ether oxygens (including phenoxy) is 2. The van der Waals surface area contributed by atoms with Crippen LogP contribution in [0.1, 0.15) is 19.4 Å². The highest BCUT2D eigenvalue weighted by molar-refractivity contribution is 8.13. The summed E-state index contributed by atoms with van der Waals surface area (Å²) in [4.78, 5) is 0. The maximum absolute atomic E-state index is 11.2. The second-order valence-corrected chi connectivity index (χ2v) is 6.85. The highest BCUT2D eigenvalue weighted by atomic mass is 35.7. The van der Waals surface area contributed by atoms with E-state index in [1.165, 1.54) is 0 Å². The number of rotatable bonds is 3. The molecule has 0 unspecified atom stereocenters. The van der Waals surface area contributed by atoms with Gasteiger partial charge in [-0.15, -0.1) is 0 Å². The third-order valence-corrected chi connectivity index (χ3v) is 3.70. The minimum absolute atomic E-state index is 0.328. The Morgan fingerprint density at radius 3 is 2.05 bits per heavy atom. The molecule has 4 nitrogen and oxygen atoms in total. The first-order valence-electron chi connectivity index (χ1n) is 5.88. The van der Waals surface area contributed by atoms with E-state index in [1.807, 2.05) is 13.8 Å². The highest BCUT2D eigenvalue weighted by Crippen LogP contribution is 2.34. The van der Waals surface area contributed by atoms with Crippen molar-refractivity contribution < 1.29 is 17.9 Å². The molecule has 108 valence electrons. The van der Waals surface area contributed by atoms with Gasteiger partial charge in [0.15, 0.2) is 0 Å². The van der Waals surface area contributed by atoms with Crippen LogP contribution in [0.5, 0.6) is 0 Å². The van der Waals surface area contributed by atoms with E-state index in [-0.39, 0.29) is 0 Å². The minimum atomic E-state index is -3.74. The average Bonchev–Trinajstić information content (AvgIpc) is 2.80. The molecule has 0 saturated carbocycles. The molecule has 0 atom stereocenters. The molecule has 1 aliphatic heterocycles. The lowest BCUT2D eigenvalue weighted by atomic mass is 10.1. The van der Waals surface area contributed by atoms with Crippen LogP contribution in [0.4, 0.5) is 0 Å². The van der Waals surface area contributed by atoms with E-state index in [0.29, 0.717) is 23.8 Å². The smallest absolute Gasteiger partial charge is 0.238 e. The van der Waals surface area contributed by atoms with Crippen molar-refractivity contribution in [2.24, 2.45) is 0 Å². The summed E-state index contributed by atoms with van der Waals surface area (Å²) in [5.41, 5.74) is 0.587. The van der Waals surface area contributed by atoms with Gasteiger partial charge in [-0.25, -0.2) is 8.42 Å². The van der Waals surface area contributed by atoms with E-state index in [2.05, 4.69) is 0 Å². The zero-order valence-corrected chi connectivity index (χ0v) is 13.1. The van der Waals surface area contributed by atoms with Gasteiger partial charge in [-0.05, 0) is 12.1 Å². The summed E-state index contributed by atoms with van der Waals surface area (Å²) >= 11 is 5.77. The van der Waals surface area contributed by atoms with E-state index >= 15 is 0 Å². The Morgan fingerprint density at radius 2 is 1.63 bits per heavy atom. The van der Waals surface area contributed by atoms with E-state index < -0.39 is 20.6 Å². The molecule has 1 saturated heterocycles. The lowest BCUT2D eigenvalue weighted by Crippen LogP contribution is -2.34. The maximum Gasteiger partial charge on any atom is 0.238 e. The van der Waals surface area contributed by atoms with Gasteiger partial charge >= 0.3 is 0 Å². The zero-order valence-electron chi connectivity index (χ0n) is 10.7. The van der Waals surface area contributed by atoms with Crippen molar-refractivity contribution in [2.75, 3.05) is 19.0 Å². The van der Waals surface area contributed by atoms with Crippen LogP contribution in [0.15, 0.2) is 24.3 Å². The Labute approximate surface area is 123 Å². The first kappa shape index (κ1) is 16.7. The Hall–Kier alpha value is -0.330. The molecule has 19 heavy (non-hydrogen) atoms. The summed E-state index contributed by atoms with van der Waals surface area (Å²) in [6.07, 6.45) is 0.